The molecule has 0 aliphatic carbocycles. The first-order valence-electron chi connectivity index (χ1n) is 6.28. The van der Waals surface area contributed by atoms with Crippen LogP contribution < -0.4 is 4.74 Å². The van der Waals surface area contributed by atoms with Crippen molar-refractivity contribution in [3.8, 4) is 5.75 Å². The summed E-state index contributed by atoms with van der Waals surface area (Å²) in [5, 5.41) is 10.2. The minimum absolute atomic E-state index is 0.00973. The predicted molar refractivity (Wildman–Crippen MR) is 72.8 cm³/mol. The van der Waals surface area contributed by atoms with Crippen LogP contribution in [0.4, 0.5) is 8.78 Å². The highest BCUT2D eigenvalue weighted by Gasteiger charge is 2.15. The van der Waals surface area contributed by atoms with E-state index in [9.17, 15) is 13.9 Å². The molecule has 1 N–H and O–H groups in total. The lowest BCUT2D eigenvalue weighted by Crippen LogP contribution is -2.05. The van der Waals surface area contributed by atoms with E-state index in [1.54, 1.807) is 19.2 Å². The molecular weight excluding hydrogens is 262 g/mol. The predicted octanol–water partition coefficient (Wildman–Crippen LogP) is 3.56. The first-order chi connectivity index (χ1) is 9.52. The third-order valence-corrected chi connectivity index (χ3v) is 3.26. The molecule has 0 aromatic heterocycles. The molecule has 2 rings (SSSR count). The summed E-state index contributed by atoms with van der Waals surface area (Å²) in [6, 6.07) is 9.22. The summed E-state index contributed by atoms with van der Waals surface area (Å²) in [7, 11) is 1.55. The summed E-state index contributed by atoms with van der Waals surface area (Å²) in [5.41, 5.74) is 1.70. The Bertz CT molecular complexity index is 611. The van der Waals surface area contributed by atoms with Gasteiger partial charge >= 0.3 is 0 Å². The Hall–Kier alpha value is -1.94. The maximum absolute atomic E-state index is 13.6. The number of rotatable bonds is 4. The van der Waals surface area contributed by atoms with Gasteiger partial charge in [0.1, 0.15) is 5.75 Å². The van der Waals surface area contributed by atoms with Gasteiger partial charge in [0.15, 0.2) is 11.6 Å². The largest absolute Gasteiger partial charge is 0.496 e. The van der Waals surface area contributed by atoms with Crippen molar-refractivity contribution in [1.29, 1.82) is 0 Å². The number of aryl methyl sites for hydroxylation is 1. The van der Waals surface area contributed by atoms with Gasteiger partial charge in [-0.25, -0.2) is 8.78 Å². The Kier molecular flexibility index (Phi) is 4.35. The van der Waals surface area contributed by atoms with Gasteiger partial charge in [0.05, 0.1) is 13.2 Å². The van der Waals surface area contributed by atoms with Gasteiger partial charge in [0.25, 0.3) is 0 Å². The Morgan fingerprint density at radius 1 is 1.20 bits per heavy atom. The third-order valence-electron chi connectivity index (χ3n) is 3.26. The summed E-state index contributed by atoms with van der Waals surface area (Å²) in [6.07, 6.45) is -0.906. The van der Waals surface area contributed by atoms with Crippen LogP contribution in [0.1, 0.15) is 22.8 Å². The van der Waals surface area contributed by atoms with E-state index in [1.807, 2.05) is 13.0 Å². The van der Waals surface area contributed by atoms with E-state index >= 15 is 0 Å². The molecule has 0 saturated heterocycles. The van der Waals surface area contributed by atoms with Gasteiger partial charge in [-0.15, -0.1) is 0 Å². The number of methoxy groups -OCH3 is 1. The van der Waals surface area contributed by atoms with Crippen LogP contribution in [-0.2, 0) is 6.42 Å². The minimum Gasteiger partial charge on any atom is -0.496 e. The van der Waals surface area contributed by atoms with Crippen molar-refractivity contribution in [1.82, 2.24) is 0 Å². The van der Waals surface area contributed by atoms with Gasteiger partial charge in [-0.05, 0) is 35.7 Å². The van der Waals surface area contributed by atoms with Crippen molar-refractivity contribution in [3.05, 3.63) is 64.7 Å². The maximum atomic E-state index is 13.6. The van der Waals surface area contributed by atoms with Crippen LogP contribution >= 0.6 is 0 Å². The smallest absolute Gasteiger partial charge is 0.162 e. The summed E-state index contributed by atoms with van der Waals surface area (Å²) in [5.74, 6) is -1.16. The summed E-state index contributed by atoms with van der Waals surface area (Å²) < 4.78 is 31.9. The Labute approximate surface area is 116 Å². The fourth-order valence-electron chi connectivity index (χ4n) is 2.08. The van der Waals surface area contributed by atoms with Crippen molar-refractivity contribution in [2.24, 2.45) is 0 Å². The van der Waals surface area contributed by atoms with Gasteiger partial charge in [-0.1, -0.05) is 24.3 Å². The molecule has 20 heavy (non-hydrogen) atoms. The molecule has 2 aromatic rings. The summed E-state index contributed by atoms with van der Waals surface area (Å²) >= 11 is 0. The molecule has 4 heteroatoms. The van der Waals surface area contributed by atoms with Crippen LogP contribution in [-0.4, -0.2) is 12.2 Å². The van der Waals surface area contributed by atoms with Crippen molar-refractivity contribution >= 4 is 0 Å². The molecule has 0 fully saturated rings. The highest BCUT2D eigenvalue weighted by molar-refractivity contribution is 5.38. The second-order valence-corrected chi connectivity index (χ2v) is 4.66. The Morgan fingerprint density at radius 2 is 1.95 bits per heavy atom. The number of benzene rings is 2. The fourth-order valence-corrected chi connectivity index (χ4v) is 2.08. The van der Waals surface area contributed by atoms with Gasteiger partial charge in [0.2, 0.25) is 0 Å². The minimum atomic E-state index is -0.916. The Balaban J connectivity index is 2.24. The van der Waals surface area contributed by atoms with Crippen molar-refractivity contribution in [3.63, 3.8) is 0 Å². The SMILES string of the molecule is COc1cc(C(O)Cc2cccc(F)c2F)ccc1C. The molecule has 0 aliphatic heterocycles. The zero-order chi connectivity index (χ0) is 14.7. The second-order valence-electron chi connectivity index (χ2n) is 4.66. The molecule has 0 heterocycles. The molecule has 1 unspecified atom stereocenters. The molecule has 0 spiro atoms. The van der Waals surface area contributed by atoms with Gasteiger partial charge in [0, 0.05) is 6.42 Å². The summed E-state index contributed by atoms with van der Waals surface area (Å²) in [6.45, 7) is 1.89. The first-order valence-corrected chi connectivity index (χ1v) is 6.28. The number of ether oxygens (including phenoxy) is 1. The first kappa shape index (κ1) is 14.5. The van der Waals surface area contributed by atoms with E-state index < -0.39 is 17.7 Å². The molecule has 0 amide bonds. The van der Waals surface area contributed by atoms with E-state index in [0.29, 0.717) is 11.3 Å². The average molecular weight is 278 g/mol. The lowest BCUT2D eigenvalue weighted by Gasteiger charge is -2.14. The van der Waals surface area contributed by atoms with E-state index in [1.165, 1.54) is 12.1 Å². The van der Waals surface area contributed by atoms with Crippen LogP contribution in [0.5, 0.6) is 5.75 Å². The van der Waals surface area contributed by atoms with E-state index in [4.69, 9.17) is 4.74 Å². The molecule has 2 aromatic carbocycles. The lowest BCUT2D eigenvalue weighted by molar-refractivity contribution is 0.176. The normalized spacial score (nSPS) is 12.2. The molecular formula is C16H16F2O2. The highest BCUT2D eigenvalue weighted by Crippen LogP contribution is 2.26. The molecule has 0 aliphatic rings. The molecule has 1 atom stereocenters. The molecule has 0 saturated carbocycles. The number of halogens is 2. The number of aliphatic hydroxyl groups excluding tert-OH is 1. The number of hydrogen-bond acceptors (Lipinski definition) is 2. The Morgan fingerprint density at radius 3 is 2.65 bits per heavy atom. The quantitative estimate of drug-likeness (QED) is 0.926. The van der Waals surface area contributed by atoms with Crippen molar-refractivity contribution < 1.29 is 18.6 Å². The summed E-state index contributed by atoms with van der Waals surface area (Å²) in [4.78, 5) is 0. The van der Waals surface area contributed by atoms with Gasteiger partial charge in [-0.3, -0.25) is 0 Å². The zero-order valence-electron chi connectivity index (χ0n) is 11.4. The van der Waals surface area contributed by atoms with E-state index in [2.05, 4.69) is 0 Å². The second kappa shape index (κ2) is 6.01. The van der Waals surface area contributed by atoms with Crippen molar-refractivity contribution in [2.75, 3.05) is 7.11 Å². The van der Waals surface area contributed by atoms with Crippen LogP contribution in [0.25, 0.3) is 0 Å². The zero-order valence-corrected chi connectivity index (χ0v) is 11.4. The van der Waals surface area contributed by atoms with Crippen LogP contribution in [0.3, 0.4) is 0 Å². The third kappa shape index (κ3) is 2.96. The highest BCUT2D eigenvalue weighted by atomic mass is 19.2. The molecule has 2 nitrogen and oxygen atoms in total. The standard InChI is InChI=1S/C16H16F2O2/c1-10-6-7-11(9-15(10)20-2)14(19)8-12-4-3-5-13(17)16(12)18/h3-7,9,14,19H,8H2,1-2H3. The van der Waals surface area contributed by atoms with E-state index in [-0.39, 0.29) is 12.0 Å². The number of hydrogen-bond donors (Lipinski definition) is 1. The van der Waals surface area contributed by atoms with Crippen molar-refractivity contribution in [2.45, 2.75) is 19.4 Å². The van der Waals surface area contributed by atoms with Crippen LogP contribution in [0.15, 0.2) is 36.4 Å². The van der Waals surface area contributed by atoms with Gasteiger partial charge < -0.3 is 9.84 Å². The topological polar surface area (TPSA) is 29.5 Å². The van der Waals surface area contributed by atoms with E-state index in [0.717, 1.165) is 11.6 Å². The molecule has 0 radical (unpaired) electrons. The maximum Gasteiger partial charge on any atom is 0.162 e. The van der Waals surface area contributed by atoms with Gasteiger partial charge in [-0.2, -0.15) is 0 Å². The number of aliphatic hydroxyl groups is 1. The molecule has 106 valence electrons. The lowest BCUT2D eigenvalue weighted by atomic mass is 9.99. The van der Waals surface area contributed by atoms with Crippen LogP contribution in [0, 0.1) is 18.6 Å². The monoisotopic (exact) mass is 278 g/mol. The fraction of sp³-hybridized carbons (Fsp3) is 0.250. The van der Waals surface area contributed by atoms with Crippen LogP contribution in [0.2, 0.25) is 0 Å². The molecule has 0 bridgehead atoms. The average Bonchev–Trinajstić information content (AvgIpc) is 2.44.